The van der Waals surface area contributed by atoms with Crippen molar-refractivity contribution >= 4 is 17.5 Å². The Morgan fingerprint density at radius 3 is 2.24 bits per heavy atom. The SMILES string of the molecule is CCOc1ccc(N2C(=O)[C@H]3[C@H](c4ccccc4)N4CCCN4[C@]3(c3ccccc3)C2=O)cc1. The van der Waals surface area contributed by atoms with Crippen molar-refractivity contribution in [1.29, 1.82) is 0 Å². The first kappa shape index (κ1) is 21.1. The summed E-state index contributed by atoms with van der Waals surface area (Å²) in [4.78, 5) is 30.1. The summed E-state index contributed by atoms with van der Waals surface area (Å²) in [6.07, 6.45) is 0.954. The first-order valence-corrected chi connectivity index (χ1v) is 11.9. The lowest BCUT2D eigenvalue weighted by Gasteiger charge is -2.36. The Hall–Kier alpha value is -3.48. The molecular formula is C28H27N3O3. The van der Waals surface area contributed by atoms with Crippen LogP contribution < -0.4 is 9.64 Å². The summed E-state index contributed by atoms with van der Waals surface area (Å²) >= 11 is 0. The largest absolute Gasteiger partial charge is 0.494 e. The molecule has 3 aromatic rings. The number of amides is 2. The predicted molar refractivity (Wildman–Crippen MR) is 129 cm³/mol. The van der Waals surface area contributed by atoms with Crippen LogP contribution in [0.5, 0.6) is 5.75 Å². The van der Waals surface area contributed by atoms with E-state index >= 15 is 0 Å². The summed E-state index contributed by atoms with van der Waals surface area (Å²) in [6.45, 7) is 4.06. The first-order valence-electron chi connectivity index (χ1n) is 11.9. The number of carbonyl (C=O) groups is 2. The molecule has 0 bridgehead atoms. The smallest absolute Gasteiger partial charge is 0.261 e. The summed E-state index contributed by atoms with van der Waals surface area (Å²) in [5.41, 5.74) is 1.46. The molecular weight excluding hydrogens is 426 g/mol. The molecule has 3 fully saturated rings. The molecule has 2 amide bonds. The molecule has 172 valence electrons. The highest BCUT2D eigenvalue weighted by atomic mass is 16.5. The van der Waals surface area contributed by atoms with E-state index in [1.54, 1.807) is 12.1 Å². The quantitative estimate of drug-likeness (QED) is 0.544. The van der Waals surface area contributed by atoms with Gasteiger partial charge in [-0.25, -0.2) is 14.9 Å². The molecule has 34 heavy (non-hydrogen) atoms. The van der Waals surface area contributed by atoms with Crippen molar-refractivity contribution < 1.29 is 14.3 Å². The minimum atomic E-state index is -1.06. The van der Waals surface area contributed by atoms with E-state index in [-0.39, 0.29) is 17.9 Å². The Morgan fingerprint density at radius 2 is 1.56 bits per heavy atom. The van der Waals surface area contributed by atoms with Crippen LogP contribution in [0, 0.1) is 5.92 Å². The van der Waals surface area contributed by atoms with Crippen molar-refractivity contribution in [1.82, 2.24) is 10.0 Å². The van der Waals surface area contributed by atoms with E-state index in [0.717, 1.165) is 36.4 Å². The van der Waals surface area contributed by atoms with E-state index in [1.807, 2.05) is 67.6 Å². The van der Waals surface area contributed by atoms with Crippen LogP contribution in [-0.4, -0.2) is 41.5 Å². The number of anilines is 1. The van der Waals surface area contributed by atoms with Gasteiger partial charge in [0.25, 0.3) is 5.91 Å². The minimum Gasteiger partial charge on any atom is -0.494 e. The zero-order valence-corrected chi connectivity index (χ0v) is 19.1. The predicted octanol–water partition coefficient (Wildman–Crippen LogP) is 4.15. The van der Waals surface area contributed by atoms with Crippen LogP contribution in [0.3, 0.4) is 0 Å². The van der Waals surface area contributed by atoms with Crippen molar-refractivity contribution in [3.63, 3.8) is 0 Å². The molecule has 0 aromatic heterocycles. The lowest BCUT2D eigenvalue weighted by Crippen LogP contribution is -2.52. The summed E-state index contributed by atoms with van der Waals surface area (Å²) in [6, 6.07) is 27.0. The lowest BCUT2D eigenvalue weighted by molar-refractivity contribution is -0.134. The van der Waals surface area contributed by atoms with Gasteiger partial charge in [0.15, 0.2) is 5.54 Å². The molecule has 3 heterocycles. The van der Waals surface area contributed by atoms with Crippen LogP contribution in [0.25, 0.3) is 0 Å². The Bertz CT molecular complexity index is 1210. The summed E-state index contributed by atoms with van der Waals surface area (Å²) in [5, 5.41) is 4.44. The van der Waals surface area contributed by atoms with E-state index in [4.69, 9.17) is 4.74 Å². The van der Waals surface area contributed by atoms with Gasteiger partial charge in [0, 0.05) is 13.1 Å². The molecule has 3 aromatic carbocycles. The fourth-order valence-corrected chi connectivity index (χ4v) is 6.09. The van der Waals surface area contributed by atoms with Crippen molar-refractivity contribution in [2.45, 2.75) is 24.9 Å². The Labute approximate surface area is 199 Å². The molecule has 3 aliphatic rings. The van der Waals surface area contributed by atoms with E-state index in [2.05, 4.69) is 22.2 Å². The molecule has 0 aliphatic carbocycles. The van der Waals surface area contributed by atoms with Gasteiger partial charge in [0.2, 0.25) is 5.91 Å². The number of imide groups is 1. The Kier molecular flexibility index (Phi) is 5.01. The number of hydrogen-bond donors (Lipinski definition) is 0. The highest BCUT2D eigenvalue weighted by Crippen LogP contribution is 2.59. The van der Waals surface area contributed by atoms with Gasteiger partial charge in [-0.15, -0.1) is 0 Å². The number of ether oxygens (including phenoxy) is 1. The van der Waals surface area contributed by atoms with Crippen LogP contribution in [0.15, 0.2) is 84.9 Å². The van der Waals surface area contributed by atoms with E-state index in [1.165, 1.54) is 4.90 Å². The molecule has 6 rings (SSSR count). The van der Waals surface area contributed by atoms with Crippen molar-refractivity contribution in [2.75, 3.05) is 24.6 Å². The first-order chi connectivity index (χ1) is 16.7. The minimum absolute atomic E-state index is 0.152. The third-order valence-electron chi connectivity index (χ3n) is 7.34. The van der Waals surface area contributed by atoms with Gasteiger partial charge >= 0.3 is 0 Å². The van der Waals surface area contributed by atoms with Gasteiger partial charge in [-0.1, -0.05) is 60.7 Å². The van der Waals surface area contributed by atoms with E-state index in [0.29, 0.717) is 12.3 Å². The number of hydrogen-bond acceptors (Lipinski definition) is 5. The number of rotatable bonds is 5. The molecule has 6 heteroatoms. The molecule has 0 N–H and O–H groups in total. The van der Waals surface area contributed by atoms with Crippen LogP contribution in [0.2, 0.25) is 0 Å². The molecule has 0 saturated carbocycles. The van der Waals surface area contributed by atoms with E-state index in [9.17, 15) is 9.59 Å². The molecule has 6 nitrogen and oxygen atoms in total. The molecule has 3 atom stereocenters. The maximum Gasteiger partial charge on any atom is 0.261 e. The van der Waals surface area contributed by atoms with Crippen LogP contribution in [-0.2, 0) is 15.1 Å². The molecule has 0 radical (unpaired) electrons. The maximum atomic E-state index is 14.5. The number of benzene rings is 3. The third kappa shape index (κ3) is 2.82. The molecule has 0 spiro atoms. The fraction of sp³-hybridized carbons (Fsp3) is 0.286. The second-order valence-electron chi connectivity index (χ2n) is 9.01. The highest BCUT2D eigenvalue weighted by Gasteiger charge is 2.73. The van der Waals surface area contributed by atoms with Crippen LogP contribution in [0.1, 0.15) is 30.5 Å². The fourth-order valence-electron chi connectivity index (χ4n) is 6.09. The lowest BCUT2D eigenvalue weighted by atomic mass is 9.75. The second kappa shape index (κ2) is 8.08. The standard InChI is InChI=1S/C28H27N3O3/c1-2-34-23-16-14-22(15-17-23)31-26(32)24-25(20-10-5-3-6-11-20)29-18-9-19-30(29)28(24,27(31)33)21-12-7-4-8-13-21/h3-8,10-17,24-25H,2,9,18-19H2,1H3/t24-,25+,28+/m1/s1. The number of carbonyl (C=O) groups excluding carboxylic acids is 2. The van der Waals surface area contributed by atoms with E-state index < -0.39 is 11.5 Å². The number of fused-ring (bicyclic) bond motifs is 3. The topological polar surface area (TPSA) is 53.1 Å². The van der Waals surface area contributed by atoms with Crippen molar-refractivity contribution in [3.05, 3.63) is 96.1 Å². The van der Waals surface area contributed by atoms with Crippen molar-refractivity contribution in [2.24, 2.45) is 5.92 Å². The van der Waals surface area contributed by atoms with Crippen LogP contribution in [0.4, 0.5) is 5.69 Å². The van der Waals surface area contributed by atoms with Gasteiger partial charge in [0.1, 0.15) is 5.75 Å². The summed E-state index contributed by atoms with van der Waals surface area (Å²) < 4.78 is 5.57. The van der Waals surface area contributed by atoms with Gasteiger partial charge in [0.05, 0.1) is 24.3 Å². The zero-order valence-electron chi connectivity index (χ0n) is 19.1. The van der Waals surface area contributed by atoms with Gasteiger partial charge in [-0.3, -0.25) is 9.59 Å². The van der Waals surface area contributed by atoms with Gasteiger partial charge < -0.3 is 4.74 Å². The second-order valence-corrected chi connectivity index (χ2v) is 9.01. The maximum absolute atomic E-state index is 14.5. The zero-order chi connectivity index (χ0) is 23.3. The van der Waals surface area contributed by atoms with Gasteiger partial charge in [-0.05, 0) is 48.7 Å². The van der Waals surface area contributed by atoms with Gasteiger partial charge in [-0.2, -0.15) is 0 Å². The summed E-state index contributed by atoms with van der Waals surface area (Å²) in [5.74, 6) is -0.155. The summed E-state index contributed by atoms with van der Waals surface area (Å²) in [7, 11) is 0. The molecule has 0 unspecified atom stereocenters. The normalized spacial score (nSPS) is 26.7. The van der Waals surface area contributed by atoms with Crippen molar-refractivity contribution in [3.8, 4) is 5.75 Å². The Balaban J connectivity index is 1.54. The Morgan fingerprint density at radius 1 is 0.882 bits per heavy atom. The number of nitrogens with zero attached hydrogens (tertiary/aromatic N) is 3. The number of hydrazine groups is 1. The average Bonchev–Trinajstić information content (AvgIpc) is 3.52. The molecule has 3 aliphatic heterocycles. The monoisotopic (exact) mass is 453 g/mol. The highest BCUT2D eigenvalue weighted by molar-refractivity contribution is 6.26. The van der Waals surface area contributed by atoms with Crippen LogP contribution >= 0.6 is 0 Å². The molecule has 3 saturated heterocycles. The third-order valence-corrected chi connectivity index (χ3v) is 7.34. The average molecular weight is 454 g/mol.